The molecule has 0 unspecified atom stereocenters. The van der Waals surface area contributed by atoms with Gasteiger partial charge in [0, 0.05) is 28.8 Å². The van der Waals surface area contributed by atoms with Gasteiger partial charge in [-0.05, 0) is 95.4 Å². The second kappa shape index (κ2) is 7.44. The van der Waals surface area contributed by atoms with E-state index < -0.39 is 0 Å². The van der Waals surface area contributed by atoms with Crippen molar-refractivity contribution < 1.29 is 0 Å². The molecule has 3 aromatic carbocycles. The van der Waals surface area contributed by atoms with E-state index in [2.05, 4.69) is 71.1 Å². The third-order valence-electron chi connectivity index (χ3n) is 2.99. The smallest absolute Gasteiger partial charge is 0.0314 e. The summed E-state index contributed by atoms with van der Waals surface area (Å²) < 4.78 is 1.26. The Labute approximate surface area is 152 Å². The Morgan fingerprint density at radius 1 is 0.545 bits per heavy atom. The first-order valence-corrected chi connectivity index (χ1v) is 9.47. The molecule has 0 bridgehead atoms. The monoisotopic (exact) mass is 435 g/mol. The molecule has 0 fully saturated rings. The van der Waals surface area contributed by atoms with Gasteiger partial charge < -0.3 is 5.73 Å². The molecule has 22 heavy (non-hydrogen) atoms. The molecule has 4 heteroatoms. The van der Waals surface area contributed by atoms with Crippen LogP contribution < -0.4 is 5.73 Å². The first-order valence-electron chi connectivity index (χ1n) is 6.76. The summed E-state index contributed by atoms with van der Waals surface area (Å²) in [5, 5.41) is 0. The second-order valence-corrected chi connectivity index (χ2v) is 8.24. The van der Waals surface area contributed by atoms with Crippen molar-refractivity contribution in [1.82, 2.24) is 0 Å². The van der Waals surface area contributed by atoms with E-state index in [0.29, 0.717) is 0 Å². The van der Waals surface area contributed by atoms with Gasteiger partial charge in [0.1, 0.15) is 0 Å². The van der Waals surface area contributed by atoms with Gasteiger partial charge in [-0.15, -0.1) is 0 Å². The van der Waals surface area contributed by atoms with Gasteiger partial charge in [-0.25, -0.2) is 0 Å². The number of benzene rings is 3. The fourth-order valence-electron chi connectivity index (χ4n) is 1.89. The van der Waals surface area contributed by atoms with Crippen LogP contribution in [0.3, 0.4) is 0 Å². The molecule has 0 radical (unpaired) electrons. The minimum Gasteiger partial charge on any atom is -0.399 e. The fraction of sp³-hybridized carbons (Fsp3) is 0. The highest BCUT2D eigenvalue weighted by atomic mass is 127. The summed E-state index contributed by atoms with van der Waals surface area (Å²) in [5.74, 6) is 0. The topological polar surface area (TPSA) is 26.0 Å². The molecule has 0 spiro atoms. The van der Waals surface area contributed by atoms with E-state index in [4.69, 9.17) is 5.73 Å². The van der Waals surface area contributed by atoms with Crippen LogP contribution in [-0.2, 0) is 0 Å². The second-order valence-electron chi connectivity index (χ2n) is 4.70. The average molecular weight is 435 g/mol. The largest absolute Gasteiger partial charge is 0.399 e. The summed E-state index contributed by atoms with van der Waals surface area (Å²) in [6.07, 6.45) is 0. The normalized spacial score (nSPS) is 10.6. The Morgan fingerprint density at radius 3 is 1.27 bits per heavy atom. The predicted octanol–water partition coefficient (Wildman–Crippen LogP) is 6.18. The van der Waals surface area contributed by atoms with Crippen LogP contribution in [0.2, 0.25) is 0 Å². The van der Waals surface area contributed by atoms with Gasteiger partial charge in [-0.3, -0.25) is 0 Å². The molecule has 110 valence electrons. The molecule has 0 aliphatic carbocycles. The Hall–Kier alpha value is -1.11. The number of halogens is 1. The van der Waals surface area contributed by atoms with Crippen molar-refractivity contribution in [2.45, 2.75) is 19.6 Å². The SMILES string of the molecule is Nc1ccc(Sc2ccc(Sc3ccc(I)cc3)cc2)cc1. The van der Waals surface area contributed by atoms with Crippen molar-refractivity contribution in [2.75, 3.05) is 5.73 Å². The van der Waals surface area contributed by atoms with Gasteiger partial charge in [0.2, 0.25) is 0 Å². The molecular weight excluding hydrogens is 421 g/mol. The summed E-state index contributed by atoms with van der Waals surface area (Å²) in [4.78, 5) is 4.95. The quantitative estimate of drug-likeness (QED) is 0.392. The van der Waals surface area contributed by atoms with Gasteiger partial charge in [0.25, 0.3) is 0 Å². The van der Waals surface area contributed by atoms with E-state index in [-0.39, 0.29) is 0 Å². The van der Waals surface area contributed by atoms with E-state index in [1.54, 1.807) is 23.5 Å². The zero-order valence-corrected chi connectivity index (χ0v) is 15.5. The van der Waals surface area contributed by atoms with Crippen LogP contribution in [-0.4, -0.2) is 0 Å². The molecule has 3 rings (SSSR count). The lowest BCUT2D eigenvalue weighted by atomic mass is 10.3. The molecule has 3 aromatic rings. The highest BCUT2D eigenvalue weighted by Crippen LogP contribution is 2.32. The first-order chi connectivity index (χ1) is 10.7. The lowest BCUT2D eigenvalue weighted by molar-refractivity contribution is 1.33. The molecule has 0 aliphatic rings. The molecule has 0 atom stereocenters. The molecule has 0 aliphatic heterocycles. The van der Waals surface area contributed by atoms with E-state index in [1.807, 2.05) is 24.3 Å². The zero-order valence-electron chi connectivity index (χ0n) is 11.7. The summed E-state index contributed by atoms with van der Waals surface area (Å²) >= 11 is 5.86. The predicted molar refractivity (Wildman–Crippen MR) is 105 cm³/mol. The van der Waals surface area contributed by atoms with E-state index in [9.17, 15) is 0 Å². The number of rotatable bonds is 4. The average Bonchev–Trinajstić information content (AvgIpc) is 2.54. The molecule has 1 nitrogen and oxygen atoms in total. The van der Waals surface area contributed by atoms with Crippen LogP contribution in [0.1, 0.15) is 0 Å². The zero-order chi connectivity index (χ0) is 15.4. The maximum absolute atomic E-state index is 5.71. The standard InChI is InChI=1S/C18H14INS2/c19-13-1-5-15(6-2-13)21-17-9-11-18(12-10-17)22-16-7-3-14(20)4-8-16/h1-12H,20H2. The summed E-state index contributed by atoms with van der Waals surface area (Å²) in [6, 6.07) is 25.2. The van der Waals surface area contributed by atoms with Crippen molar-refractivity contribution in [3.05, 3.63) is 76.4 Å². The Bertz CT molecular complexity index is 671. The maximum atomic E-state index is 5.71. The maximum Gasteiger partial charge on any atom is 0.0314 e. The van der Waals surface area contributed by atoms with Gasteiger partial charge in [0.05, 0.1) is 0 Å². The number of nitrogen functional groups attached to an aromatic ring is 1. The van der Waals surface area contributed by atoms with Crippen molar-refractivity contribution in [2.24, 2.45) is 0 Å². The Balaban J connectivity index is 1.67. The molecule has 0 aromatic heterocycles. The van der Waals surface area contributed by atoms with Crippen molar-refractivity contribution in [3.8, 4) is 0 Å². The summed E-state index contributed by atoms with van der Waals surface area (Å²) in [7, 11) is 0. The highest BCUT2D eigenvalue weighted by Gasteiger charge is 2.00. The van der Waals surface area contributed by atoms with Crippen molar-refractivity contribution >= 4 is 51.8 Å². The lowest BCUT2D eigenvalue weighted by Gasteiger charge is -2.05. The van der Waals surface area contributed by atoms with E-state index >= 15 is 0 Å². The molecule has 2 N–H and O–H groups in total. The third-order valence-corrected chi connectivity index (χ3v) is 5.74. The lowest BCUT2D eigenvalue weighted by Crippen LogP contribution is -1.82. The van der Waals surface area contributed by atoms with Crippen LogP contribution >= 0.6 is 46.1 Å². The summed E-state index contributed by atoms with van der Waals surface area (Å²) in [6.45, 7) is 0. The van der Waals surface area contributed by atoms with Crippen LogP contribution in [0.25, 0.3) is 0 Å². The minimum absolute atomic E-state index is 0.800. The fourth-order valence-corrected chi connectivity index (χ4v) is 3.88. The first kappa shape index (κ1) is 15.8. The van der Waals surface area contributed by atoms with E-state index in [0.717, 1.165) is 5.69 Å². The van der Waals surface area contributed by atoms with Crippen LogP contribution in [0.5, 0.6) is 0 Å². The van der Waals surface area contributed by atoms with Crippen LogP contribution in [0, 0.1) is 3.57 Å². The number of hydrogen-bond acceptors (Lipinski definition) is 3. The van der Waals surface area contributed by atoms with Crippen LogP contribution in [0.15, 0.2) is 92.4 Å². The number of anilines is 1. The molecule has 0 saturated carbocycles. The van der Waals surface area contributed by atoms with Crippen molar-refractivity contribution in [3.63, 3.8) is 0 Å². The highest BCUT2D eigenvalue weighted by molar-refractivity contribution is 14.1. The number of nitrogens with two attached hydrogens (primary N) is 1. The van der Waals surface area contributed by atoms with Gasteiger partial charge in [-0.1, -0.05) is 23.5 Å². The molecule has 0 heterocycles. The van der Waals surface area contributed by atoms with Crippen molar-refractivity contribution in [1.29, 1.82) is 0 Å². The summed E-state index contributed by atoms with van der Waals surface area (Å²) in [5.41, 5.74) is 6.51. The van der Waals surface area contributed by atoms with Gasteiger partial charge in [0.15, 0.2) is 0 Å². The van der Waals surface area contributed by atoms with E-state index in [1.165, 1.54) is 23.2 Å². The Kier molecular flexibility index (Phi) is 5.33. The third kappa shape index (κ3) is 4.44. The minimum atomic E-state index is 0.800. The Morgan fingerprint density at radius 2 is 0.864 bits per heavy atom. The molecular formula is C18H14INS2. The molecule has 0 amide bonds. The van der Waals surface area contributed by atoms with Crippen LogP contribution in [0.4, 0.5) is 5.69 Å². The van der Waals surface area contributed by atoms with Gasteiger partial charge in [-0.2, -0.15) is 0 Å². The van der Waals surface area contributed by atoms with Gasteiger partial charge >= 0.3 is 0 Å². The number of hydrogen-bond donors (Lipinski definition) is 1. The molecule has 0 saturated heterocycles.